The Balaban J connectivity index is 1.75. The lowest BCUT2D eigenvalue weighted by atomic mass is 9.69. The smallest absolute Gasteiger partial charge is 0.0236 e. The van der Waals surface area contributed by atoms with Crippen LogP contribution in [0.1, 0.15) is 64.7 Å². The molecule has 2 aliphatic carbocycles. The molecule has 0 heteroatoms. The summed E-state index contributed by atoms with van der Waals surface area (Å²) in [5.41, 5.74) is 0. The second-order valence-corrected chi connectivity index (χ2v) is 6.10. The van der Waals surface area contributed by atoms with E-state index < -0.39 is 0 Å². The minimum atomic E-state index is 0.836. The van der Waals surface area contributed by atoms with E-state index in [1.807, 2.05) is 0 Å². The highest BCUT2D eigenvalue weighted by atomic mass is 14.3. The van der Waals surface area contributed by atoms with Crippen LogP contribution in [-0.2, 0) is 0 Å². The predicted octanol–water partition coefficient (Wildman–Crippen LogP) is 5.20. The van der Waals surface area contributed by atoms with Crippen molar-refractivity contribution in [2.45, 2.75) is 64.7 Å². The van der Waals surface area contributed by atoms with Gasteiger partial charge in [0.15, 0.2) is 0 Å². The first-order valence-electron chi connectivity index (χ1n) is 7.46. The van der Waals surface area contributed by atoms with Gasteiger partial charge in [-0.05, 0) is 62.2 Å². The summed E-state index contributed by atoms with van der Waals surface area (Å²) in [5.74, 6) is 4.03. The molecule has 0 unspecified atom stereocenters. The maximum atomic E-state index is 3.94. The van der Waals surface area contributed by atoms with Gasteiger partial charge in [-0.25, -0.2) is 0 Å². The Labute approximate surface area is 102 Å². The molecular formula is C16H28. The summed E-state index contributed by atoms with van der Waals surface area (Å²) < 4.78 is 0. The third kappa shape index (κ3) is 2.90. The van der Waals surface area contributed by atoms with Crippen LogP contribution < -0.4 is 0 Å². The Bertz CT molecular complexity index is 202. The number of rotatable bonds is 3. The second kappa shape index (κ2) is 5.89. The molecule has 0 spiro atoms. The van der Waals surface area contributed by atoms with Gasteiger partial charge in [0.2, 0.25) is 0 Å². The van der Waals surface area contributed by atoms with Crippen LogP contribution in [-0.4, -0.2) is 0 Å². The first-order chi connectivity index (χ1) is 7.83. The summed E-state index contributed by atoms with van der Waals surface area (Å²) in [4.78, 5) is 0. The topological polar surface area (TPSA) is 0 Å². The fourth-order valence-corrected chi connectivity index (χ4v) is 3.92. The summed E-state index contributed by atoms with van der Waals surface area (Å²) in [7, 11) is 0. The van der Waals surface area contributed by atoms with Crippen molar-refractivity contribution in [2.24, 2.45) is 23.7 Å². The van der Waals surface area contributed by atoms with Gasteiger partial charge in [-0.15, -0.1) is 6.58 Å². The first-order valence-corrected chi connectivity index (χ1v) is 7.46. The molecule has 92 valence electrons. The SMILES string of the molecule is C=C[C@H]1CC[C@H]([C@H]2CC[C@H](CC)CC2)CC1. The van der Waals surface area contributed by atoms with Gasteiger partial charge in [-0.3, -0.25) is 0 Å². The van der Waals surface area contributed by atoms with Crippen LogP contribution >= 0.6 is 0 Å². The van der Waals surface area contributed by atoms with Crippen molar-refractivity contribution in [3.63, 3.8) is 0 Å². The zero-order valence-electron chi connectivity index (χ0n) is 11.0. The molecule has 0 saturated heterocycles. The third-order valence-electron chi connectivity index (χ3n) is 5.29. The van der Waals surface area contributed by atoms with E-state index in [0.29, 0.717) is 0 Å². The fraction of sp³-hybridized carbons (Fsp3) is 0.875. The van der Waals surface area contributed by atoms with Gasteiger partial charge >= 0.3 is 0 Å². The molecule has 0 N–H and O–H groups in total. The van der Waals surface area contributed by atoms with Crippen molar-refractivity contribution >= 4 is 0 Å². The standard InChI is InChI=1S/C16H28/c1-3-13-5-9-15(10-6-13)16-11-7-14(4-2)8-12-16/h3,13-16H,1,4-12H2,2H3/t13-,14-,15-,16-. The van der Waals surface area contributed by atoms with Crippen LogP contribution in [0.3, 0.4) is 0 Å². The van der Waals surface area contributed by atoms with Gasteiger partial charge in [0.25, 0.3) is 0 Å². The van der Waals surface area contributed by atoms with E-state index in [9.17, 15) is 0 Å². The Hall–Kier alpha value is -0.260. The molecular weight excluding hydrogens is 192 g/mol. The molecule has 0 bridgehead atoms. The summed E-state index contributed by atoms with van der Waals surface area (Å²) in [5, 5.41) is 0. The van der Waals surface area contributed by atoms with Gasteiger partial charge in [-0.2, -0.15) is 0 Å². The van der Waals surface area contributed by atoms with Gasteiger partial charge in [-0.1, -0.05) is 32.3 Å². The molecule has 0 aromatic rings. The van der Waals surface area contributed by atoms with Crippen molar-refractivity contribution < 1.29 is 0 Å². The van der Waals surface area contributed by atoms with E-state index in [4.69, 9.17) is 0 Å². The quantitative estimate of drug-likeness (QED) is 0.574. The van der Waals surface area contributed by atoms with Gasteiger partial charge in [0, 0.05) is 0 Å². The summed E-state index contributed by atoms with van der Waals surface area (Å²) in [6.45, 7) is 6.30. The molecule has 0 heterocycles. The molecule has 0 radical (unpaired) electrons. The molecule has 2 rings (SSSR count). The number of allylic oxidation sites excluding steroid dienone is 1. The van der Waals surface area contributed by atoms with Crippen LogP contribution in [0.5, 0.6) is 0 Å². The zero-order chi connectivity index (χ0) is 11.4. The molecule has 0 nitrogen and oxygen atoms in total. The Morgan fingerprint density at radius 1 is 0.875 bits per heavy atom. The first kappa shape index (κ1) is 12.2. The monoisotopic (exact) mass is 220 g/mol. The van der Waals surface area contributed by atoms with E-state index in [1.165, 1.54) is 57.8 Å². The predicted molar refractivity (Wildman–Crippen MR) is 71.4 cm³/mol. The van der Waals surface area contributed by atoms with Crippen molar-refractivity contribution in [3.05, 3.63) is 12.7 Å². The van der Waals surface area contributed by atoms with E-state index >= 15 is 0 Å². The average molecular weight is 220 g/mol. The lowest BCUT2D eigenvalue weighted by Crippen LogP contribution is -2.25. The van der Waals surface area contributed by atoms with E-state index in [1.54, 1.807) is 0 Å². The normalized spacial score (nSPS) is 40.6. The maximum absolute atomic E-state index is 3.94. The largest absolute Gasteiger partial charge is 0.103 e. The highest BCUT2D eigenvalue weighted by molar-refractivity contribution is 4.87. The Morgan fingerprint density at radius 3 is 1.81 bits per heavy atom. The molecule has 16 heavy (non-hydrogen) atoms. The van der Waals surface area contributed by atoms with Crippen molar-refractivity contribution in [1.29, 1.82) is 0 Å². The number of hydrogen-bond donors (Lipinski definition) is 0. The van der Waals surface area contributed by atoms with Gasteiger partial charge in [0.05, 0.1) is 0 Å². The van der Waals surface area contributed by atoms with Gasteiger partial charge < -0.3 is 0 Å². The van der Waals surface area contributed by atoms with Crippen LogP contribution in [0, 0.1) is 23.7 Å². The molecule has 0 atom stereocenters. The Morgan fingerprint density at radius 2 is 1.38 bits per heavy atom. The third-order valence-corrected chi connectivity index (χ3v) is 5.29. The minimum absolute atomic E-state index is 0.836. The van der Waals surface area contributed by atoms with Crippen LogP contribution in [0.25, 0.3) is 0 Å². The van der Waals surface area contributed by atoms with Crippen molar-refractivity contribution in [2.75, 3.05) is 0 Å². The molecule has 0 aromatic heterocycles. The molecule has 2 saturated carbocycles. The lowest BCUT2D eigenvalue weighted by molar-refractivity contribution is 0.154. The number of hydrogen-bond acceptors (Lipinski definition) is 0. The van der Waals surface area contributed by atoms with Crippen molar-refractivity contribution in [3.8, 4) is 0 Å². The summed E-state index contributed by atoms with van der Waals surface area (Å²) in [6, 6.07) is 0. The van der Waals surface area contributed by atoms with Crippen LogP contribution in [0.4, 0.5) is 0 Å². The maximum Gasteiger partial charge on any atom is -0.0236 e. The van der Waals surface area contributed by atoms with E-state index in [2.05, 4.69) is 19.6 Å². The minimum Gasteiger partial charge on any atom is -0.103 e. The molecule has 0 aromatic carbocycles. The highest BCUT2D eigenvalue weighted by Crippen LogP contribution is 2.41. The average Bonchev–Trinajstić information content (AvgIpc) is 2.39. The summed E-state index contributed by atoms with van der Waals surface area (Å²) >= 11 is 0. The fourth-order valence-electron chi connectivity index (χ4n) is 3.92. The van der Waals surface area contributed by atoms with Crippen LogP contribution in [0.2, 0.25) is 0 Å². The zero-order valence-corrected chi connectivity index (χ0v) is 11.0. The van der Waals surface area contributed by atoms with Crippen LogP contribution in [0.15, 0.2) is 12.7 Å². The Kier molecular flexibility index (Phi) is 4.49. The van der Waals surface area contributed by atoms with E-state index in [-0.39, 0.29) is 0 Å². The molecule has 0 amide bonds. The molecule has 2 fully saturated rings. The van der Waals surface area contributed by atoms with Gasteiger partial charge in [0.1, 0.15) is 0 Å². The molecule has 0 aliphatic heterocycles. The lowest BCUT2D eigenvalue weighted by Gasteiger charge is -2.37. The molecule has 2 aliphatic rings. The summed E-state index contributed by atoms with van der Waals surface area (Å²) in [6.07, 6.45) is 15.5. The van der Waals surface area contributed by atoms with Crippen molar-refractivity contribution in [1.82, 2.24) is 0 Å². The highest BCUT2D eigenvalue weighted by Gasteiger charge is 2.29. The second-order valence-electron chi connectivity index (χ2n) is 6.10. The van der Waals surface area contributed by atoms with E-state index in [0.717, 1.165) is 23.7 Å².